The Morgan fingerprint density at radius 2 is 1.76 bits per heavy atom. The fraction of sp³-hybridized carbons (Fsp3) is 0.500. The fourth-order valence-corrected chi connectivity index (χ4v) is 3.71. The van der Waals surface area contributed by atoms with Gasteiger partial charge in [-0.3, -0.25) is 9.59 Å². The number of aryl methyl sites for hydroxylation is 1. The van der Waals surface area contributed by atoms with Crippen molar-refractivity contribution in [1.29, 1.82) is 0 Å². The Balaban J connectivity index is 2.16. The van der Waals surface area contributed by atoms with E-state index in [2.05, 4.69) is 33.0 Å². The maximum atomic E-state index is 13.3. The monoisotopic (exact) mass is 452 g/mol. The lowest BCUT2D eigenvalue weighted by atomic mass is 9.87. The topological polar surface area (TPSA) is 58.6 Å². The molecule has 1 N–H and O–H groups in total. The van der Waals surface area contributed by atoms with E-state index >= 15 is 0 Å². The van der Waals surface area contributed by atoms with E-state index in [-0.39, 0.29) is 23.8 Å². The van der Waals surface area contributed by atoms with Gasteiger partial charge in [-0.25, -0.2) is 0 Å². The largest absolute Gasteiger partial charge is 0.484 e. The van der Waals surface area contributed by atoms with Gasteiger partial charge in [0.15, 0.2) is 6.61 Å². The van der Waals surface area contributed by atoms with Crippen molar-refractivity contribution in [3.8, 4) is 5.75 Å². The van der Waals surface area contributed by atoms with Gasteiger partial charge in [-0.15, -0.1) is 0 Å². The smallest absolute Gasteiger partial charge is 0.261 e. The van der Waals surface area contributed by atoms with E-state index in [4.69, 9.17) is 4.74 Å². The standard InChI is InChI=1S/C28H40N2O3/c1-7-9-17-29-27(32)25(8-2)30(19-22-12-10-11-21(3)18-22)26(31)20-33-24-15-13-23(14-16-24)28(4,5)6/h10-16,18,25H,7-9,17,19-20H2,1-6H3,(H,29,32). The maximum Gasteiger partial charge on any atom is 0.261 e. The predicted octanol–water partition coefficient (Wildman–Crippen LogP) is 5.40. The van der Waals surface area contributed by atoms with Crippen LogP contribution in [0.2, 0.25) is 0 Å². The summed E-state index contributed by atoms with van der Waals surface area (Å²) in [7, 11) is 0. The summed E-state index contributed by atoms with van der Waals surface area (Å²) >= 11 is 0. The summed E-state index contributed by atoms with van der Waals surface area (Å²) in [4.78, 5) is 27.9. The van der Waals surface area contributed by atoms with Crippen LogP contribution in [0.25, 0.3) is 0 Å². The first-order valence-corrected chi connectivity index (χ1v) is 12.0. The van der Waals surface area contributed by atoms with Crippen molar-refractivity contribution < 1.29 is 14.3 Å². The molecular formula is C28H40N2O3. The van der Waals surface area contributed by atoms with Crippen LogP contribution < -0.4 is 10.1 Å². The molecule has 1 unspecified atom stereocenters. The molecule has 33 heavy (non-hydrogen) atoms. The van der Waals surface area contributed by atoms with E-state index in [1.165, 1.54) is 5.56 Å². The number of unbranched alkanes of at least 4 members (excludes halogenated alkanes) is 1. The van der Waals surface area contributed by atoms with Gasteiger partial charge >= 0.3 is 0 Å². The zero-order valence-corrected chi connectivity index (χ0v) is 21.1. The molecule has 0 aliphatic carbocycles. The van der Waals surface area contributed by atoms with Gasteiger partial charge in [0, 0.05) is 13.1 Å². The maximum absolute atomic E-state index is 13.3. The minimum atomic E-state index is -0.540. The Morgan fingerprint density at radius 3 is 2.33 bits per heavy atom. The molecule has 2 rings (SSSR count). The van der Waals surface area contributed by atoms with Gasteiger partial charge in [0.2, 0.25) is 5.91 Å². The molecule has 2 aromatic carbocycles. The first-order chi connectivity index (χ1) is 15.7. The lowest BCUT2D eigenvalue weighted by Crippen LogP contribution is -2.50. The summed E-state index contributed by atoms with van der Waals surface area (Å²) in [6.07, 6.45) is 2.46. The molecular weight excluding hydrogens is 412 g/mol. The summed E-state index contributed by atoms with van der Waals surface area (Å²) in [5, 5.41) is 2.99. The molecule has 0 aromatic heterocycles. The van der Waals surface area contributed by atoms with Crippen LogP contribution >= 0.6 is 0 Å². The lowest BCUT2D eigenvalue weighted by molar-refractivity contribution is -0.143. The van der Waals surface area contributed by atoms with E-state index in [1.807, 2.05) is 62.4 Å². The Bertz CT molecular complexity index is 900. The van der Waals surface area contributed by atoms with Crippen LogP contribution in [0, 0.1) is 6.92 Å². The van der Waals surface area contributed by atoms with Crippen LogP contribution in [-0.2, 0) is 21.5 Å². The molecule has 180 valence electrons. The number of amides is 2. The summed E-state index contributed by atoms with van der Waals surface area (Å²) in [6, 6.07) is 15.3. The SMILES string of the molecule is CCCCNC(=O)C(CC)N(Cc1cccc(C)c1)C(=O)COc1ccc(C(C)(C)C)cc1. The molecule has 0 aliphatic heterocycles. The fourth-order valence-electron chi connectivity index (χ4n) is 3.71. The van der Waals surface area contributed by atoms with Crippen molar-refractivity contribution in [3.63, 3.8) is 0 Å². The summed E-state index contributed by atoms with van der Waals surface area (Å²) in [6.45, 7) is 13.4. The van der Waals surface area contributed by atoms with Crippen LogP contribution in [0.15, 0.2) is 48.5 Å². The number of nitrogens with one attached hydrogen (secondary N) is 1. The highest BCUT2D eigenvalue weighted by Crippen LogP contribution is 2.24. The van der Waals surface area contributed by atoms with E-state index < -0.39 is 6.04 Å². The Kier molecular flexibility index (Phi) is 9.95. The van der Waals surface area contributed by atoms with E-state index in [9.17, 15) is 9.59 Å². The Labute approximate surface area is 199 Å². The van der Waals surface area contributed by atoms with Gasteiger partial charge in [-0.1, -0.05) is 83.0 Å². The molecule has 0 spiro atoms. The van der Waals surface area contributed by atoms with Crippen LogP contribution in [-0.4, -0.2) is 35.9 Å². The normalized spacial score (nSPS) is 12.2. The molecule has 0 saturated carbocycles. The van der Waals surface area contributed by atoms with E-state index in [0.717, 1.165) is 24.0 Å². The molecule has 0 aliphatic rings. The molecule has 5 heteroatoms. The van der Waals surface area contributed by atoms with Crippen molar-refractivity contribution >= 4 is 11.8 Å². The van der Waals surface area contributed by atoms with Gasteiger partial charge in [-0.2, -0.15) is 0 Å². The molecule has 0 fully saturated rings. The zero-order valence-electron chi connectivity index (χ0n) is 21.1. The highest BCUT2D eigenvalue weighted by Gasteiger charge is 2.28. The van der Waals surface area contributed by atoms with Crippen molar-refractivity contribution in [2.75, 3.05) is 13.2 Å². The molecule has 2 aromatic rings. The Morgan fingerprint density at radius 1 is 1.06 bits per heavy atom. The number of rotatable bonds is 11. The summed E-state index contributed by atoms with van der Waals surface area (Å²) < 4.78 is 5.83. The molecule has 5 nitrogen and oxygen atoms in total. The molecule has 0 saturated heterocycles. The van der Waals surface area contributed by atoms with Crippen LogP contribution in [0.3, 0.4) is 0 Å². The van der Waals surface area contributed by atoms with E-state index in [1.54, 1.807) is 4.90 Å². The highest BCUT2D eigenvalue weighted by atomic mass is 16.5. The highest BCUT2D eigenvalue weighted by molar-refractivity contribution is 5.88. The average molecular weight is 453 g/mol. The van der Waals surface area contributed by atoms with Crippen LogP contribution in [0.1, 0.15) is 70.6 Å². The zero-order chi connectivity index (χ0) is 24.4. The number of carbonyl (C=O) groups excluding carboxylic acids is 2. The number of nitrogens with zero attached hydrogens (tertiary/aromatic N) is 1. The van der Waals surface area contributed by atoms with Crippen molar-refractivity contribution in [3.05, 3.63) is 65.2 Å². The van der Waals surface area contributed by atoms with Gasteiger partial charge in [0.05, 0.1) is 0 Å². The number of benzene rings is 2. The lowest BCUT2D eigenvalue weighted by Gasteiger charge is -2.30. The number of carbonyl (C=O) groups is 2. The average Bonchev–Trinajstić information content (AvgIpc) is 2.77. The van der Waals surface area contributed by atoms with Crippen molar-refractivity contribution in [2.45, 2.75) is 78.8 Å². The molecule has 0 bridgehead atoms. The summed E-state index contributed by atoms with van der Waals surface area (Å²) in [5.41, 5.74) is 3.38. The number of hydrogen-bond donors (Lipinski definition) is 1. The minimum Gasteiger partial charge on any atom is -0.484 e. The number of ether oxygens (including phenoxy) is 1. The second kappa shape index (κ2) is 12.4. The van der Waals surface area contributed by atoms with Crippen molar-refractivity contribution in [2.24, 2.45) is 0 Å². The number of hydrogen-bond acceptors (Lipinski definition) is 3. The molecule has 1 atom stereocenters. The third-order valence-corrected chi connectivity index (χ3v) is 5.73. The second-order valence-corrected chi connectivity index (χ2v) is 9.64. The minimum absolute atomic E-state index is 0.0540. The quantitative estimate of drug-likeness (QED) is 0.465. The molecule has 0 radical (unpaired) electrons. The Hall–Kier alpha value is -2.82. The third-order valence-electron chi connectivity index (χ3n) is 5.73. The second-order valence-electron chi connectivity index (χ2n) is 9.64. The van der Waals surface area contributed by atoms with Gasteiger partial charge in [0.25, 0.3) is 5.91 Å². The van der Waals surface area contributed by atoms with E-state index in [0.29, 0.717) is 25.3 Å². The molecule has 0 heterocycles. The van der Waals surface area contributed by atoms with Crippen LogP contribution in [0.5, 0.6) is 5.75 Å². The van der Waals surface area contributed by atoms with Crippen LogP contribution in [0.4, 0.5) is 0 Å². The first-order valence-electron chi connectivity index (χ1n) is 12.0. The van der Waals surface area contributed by atoms with Gasteiger partial charge < -0.3 is 15.0 Å². The molecule has 2 amide bonds. The van der Waals surface area contributed by atoms with Crippen molar-refractivity contribution in [1.82, 2.24) is 10.2 Å². The summed E-state index contributed by atoms with van der Waals surface area (Å²) in [5.74, 6) is 0.336. The first kappa shape index (κ1) is 26.4. The third kappa shape index (κ3) is 8.23. The van der Waals surface area contributed by atoms with Gasteiger partial charge in [-0.05, 0) is 48.4 Å². The van der Waals surface area contributed by atoms with Gasteiger partial charge in [0.1, 0.15) is 11.8 Å². The predicted molar refractivity (Wildman–Crippen MR) is 134 cm³/mol.